The highest BCUT2D eigenvalue weighted by Crippen LogP contribution is 2.23. The first-order valence-corrected chi connectivity index (χ1v) is 11.6. The fourth-order valence-corrected chi connectivity index (χ4v) is 4.62. The summed E-state index contributed by atoms with van der Waals surface area (Å²) >= 11 is 5.92. The van der Waals surface area contributed by atoms with Crippen molar-refractivity contribution in [3.8, 4) is 0 Å². The Labute approximate surface area is 193 Å². The van der Waals surface area contributed by atoms with E-state index in [9.17, 15) is 14.4 Å². The summed E-state index contributed by atoms with van der Waals surface area (Å²) in [6, 6.07) is 16.1. The second-order valence-electron chi connectivity index (χ2n) is 8.54. The Hall–Kier alpha value is -2.86. The normalized spacial score (nSPS) is 19.5. The molecule has 7 heteroatoms. The minimum Gasteiger partial charge on any atom is -0.349 e. The van der Waals surface area contributed by atoms with Crippen molar-refractivity contribution in [2.45, 2.75) is 31.7 Å². The molecule has 0 unspecified atom stereocenters. The number of piperidine rings is 2. The van der Waals surface area contributed by atoms with Crippen LogP contribution in [0.15, 0.2) is 54.6 Å². The van der Waals surface area contributed by atoms with Gasteiger partial charge >= 0.3 is 0 Å². The van der Waals surface area contributed by atoms with Crippen molar-refractivity contribution in [2.24, 2.45) is 5.92 Å². The quantitative estimate of drug-likeness (QED) is 0.768. The molecule has 0 bridgehead atoms. The molecule has 2 aromatic rings. The third kappa shape index (κ3) is 5.30. The minimum absolute atomic E-state index is 0.0542. The maximum absolute atomic E-state index is 13.1. The van der Waals surface area contributed by atoms with Crippen molar-refractivity contribution in [2.75, 3.05) is 26.2 Å². The molecular weight excluding hydrogens is 426 g/mol. The van der Waals surface area contributed by atoms with Crippen LogP contribution in [0, 0.1) is 5.92 Å². The number of amides is 3. The number of benzene rings is 2. The molecule has 0 spiro atoms. The van der Waals surface area contributed by atoms with Crippen LogP contribution in [0.25, 0.3) is 0 Å². The van der Waals surface area contributed by atoms with E-state index in [1.165, 1.54) is 0 Å². The summed E-state index contributed by atoms with van der Waals surface area (Å²) in [6.07, 6.45) is 3.10. The Kier molecular flexibility index (Phi) is 7.10. The van der Waals surface area contributed by atoms with Gasteiger partial charge in [-0.2, -0.15) is 0 Å². The van der Waals surface area contributed by atoms with Crippen LogP contribution in [0.4, 0.5) is 0 Å². The average Bonchev–Trinajstić information content (AvgIpc) is 2.85. The molecule has 2 aliphatic heterocycles. The summed E-state index contributed by atoms with van der Waals surface area (Å²) in [7, 11) is 0. The van der Waals surface area contributed by atoms with Gasteiger partial charge in [0.2, 0.25) is 5.91 Å². The molecule has 0 aliphatic carbocycles. The van der Waals surface area contributed by atoms with Crippen molar-refractivity contribution in [3.63, 3.8) is 0 Å². The first-order valence-electron chi connectivity index (χ1n) is 11.2. The lowest BCUT2D eigenvalue weighted by Gasteiger charge is -2.38. The molecule has 2 fully saturated rings. The van der Waals surface area contributed by atoms with Gasteiger partial charge < -0.3 is 15.1 Å². The van der Waals surface area contributed by atoms with E-state index in [4.69, 9.17) is 11.6 Å². The van der Waals surface area contributed by atoms with Crippen molar-refractivity contribution in [3.05, 3.63) is 70.7 Å². The van der Waals surface area contributed by atoms with Gasteiger partial charge in [-0.25, -0.2) is 0 Å². The van der Waals surface area contributed by atoms with E-state index in [2.05, 4.69) is 5.32 Å². The van der Waals surface area contributed by atoms with Gasteiger partial charge in [0.1, 0.15) is 0 Å². The molecule has 1 atom stereocenters. The fraction of sp³-hybridized carbons (Fsp3) is 0.400. The molecule has 2 aromatic carbocycles. The Morgan fingerprint density at radius 1 is 0.812 bits per heavy atom. The topological polar surface area (TPSA) is 69.7 Å². The minimum atomic E-state index is -0.171. The molecule has 2 saturated heterocycles. The summed E-state index contributed by atoms with van der Waals surface area (Å²) < 4.78 is 0. The van der Waals surface area contributed by atoms with E-state index in [-0.39, 0.29) is 29.7 Å². The van der Waals surface area contributed by atoms with Gasteiger partial charge in [-0.1, -0.05) is 29.8 Å². The highest BCUT2D eigenvalue weighted by atomic mass is 35.5. The number of carbonyl (C=O) groups excluding carboxylic acids is 3. The molecule has 2 aliphatic rings. The predicted octanol–water partition coefficient (Wildman–Crippen LogP) is 3.61. The molecule has 0 radical (unpaired) electrons. The van der Waals surface area contributed by atoms with Crippen LogP contribution in [0.1, 0.15) is 46.4 Å². The van der Waals surface area contributed by atoms with Gasteiger partial charge in [0, 0.05) is 48.4 Å². The zero-order valence-corrected chi connectivity index (χ0v) is 18.8. The second-order valence-corrected chi connectivity index (χ2v) is 8.97. The Morgan fingerprint density at radius 2 is 1.50 bits per heavy atom. The number of hydrogen-bond acceptors (Lipinski definition) is 3. The van der Waals surface area contributed by atoms with Crippen LogP contribution in [-0.4, -0.2) is 59.7 Å². The van der Waals surface area contributed by atoms with Gasteiger partial charge in [0.05, 0.1) is 5.92 Å². The standard InChI is InChI=1S/C25H28ClN3O3/c26-21-10-8-19(9-11-21)24(31)29-14-4-7-20(17-29)25(32)28-15-12-22(13-16-28)27-23(30)18-5-2-1-3-6-18/h1-3,5-6,8-11,20,22H,4,7,12-17H2,(H,27,30)/t20-/m0/s1. The van der Waals surface area contributed by atoms with E-state index in [0.29, 0.717) is 42.3 Å². The van der Waals surface area contributed by atoms with Crippen molar-refractivity contribution >= 4 is 29.3 Å². The average molecular weight is 454 g/mol. The molecule has 32 heavy (non-hydrogen) atoms. The van der Waals surface area contributed by atoms with Gasteiger partial charge in [-0.15, -0.1) is 0 Å². The number of halogens is 1. The highest BCUT2D eigenvalue weighted by molar-refractivity contribution is 6.30. The van der Waals surface area contributed by atoms with Crippen LogP contribution in [0.3, 0.4) is 0 Å². The highest BCUT2D eigenvalue weighted by Gasteiger charge is 2.33. The number of hydrogen-bond donors (Lipinski definition) is 1. The summed E-state index contributed by atoms with van der Waals surface area (Å²) in [6.45, 7) is 2.37. The second kappa shape index (κ2) is 10.2. The summed E-state index contributed by atoms with van der Waals surface area (Å²) in [5.74, 6) is -0.178. The lowest BCUT2D eigenvalue weighted by molar-refractivity contribution is -0.138. The molecule has 168 valence electrons. The number of likely N-dealkylation sites (tertiary alicyclic amines) is 2. The van der Waals surface area contributed by atoms with E-state index in [0.717, 1.165) is 25.7 Å². The van der Waals surface area contributed by atoms with Crippen molar-refractivity contribution < 1.29 is 14.4 Å². The largest absolute Gasteiger partial charge is 0.349 e. The molecule has 4 rings (SSSR count). The Bertz CT molecular complexity index is 956. The smallest absolute Gasteiger partial charge is 0.253 e. The van der Waals surface area contributed by atoms with E-state index >= 15 is 0 Å². The van der Waals surface area contributed by atoms with E-state index in [1.54, 1.807) is 41.3 Å². The third-order valence-electron chi connectivity index (χ3n) is 6.33. The number of nitrogens with one attached hydrogen (secondary N) is 1. The zero-order chi connectivity index (χ0) is 22.5. The van der Waals surface area contributed by atoms with Gasteiger partial charge in [-0.05, 0) is 62.1 Å². The SMILES string of the molecule is O=C(NC1CCN(C(=O)[C@H]2CCCN(C(=O)c3ccc(Cl)cc3)C2)CC1)c1ccccc1. The summed E-state index contributed by atoms with van der Waals surface area (Å²) in [5, 5.41) is 3.67. The van der Waals surface area contributed by atoms with Gasteiger partial charge in [-0.3, -0.25) is 14.4 Å². The van der Waals surface area contributed by atoms with Crippen molar-refractivity contribution in [1.82, 2.24) is 15.1 Å². The first-order chi connectivity index (χ1) is 15.5. The molecule has 0 saturated carbocycles. The molecule has 6 nitrogen and oxygen atoms in total. The summed E-state index contributed by atoms with van der Waals surface area (Å²) in [5.41, 5.74) is 1.25. The molecule has 0 aromatic heterocycles. The first kappa shape index (κ1) is 22.3. The van der Waals surface area contributed by atoms with E-state index in [1.807, 2.05) is 23.1 Å². The molecule has 2 heterocycles. The number of nitrogens with zero attached hydrogens (tertiary/aromatic N) is 2. The van der Waals surface area contributed by atoms with E-state index < -0.39 is 0 Å². The van der Waals surface area contributed by atoms with Crippen LogP contribution in [-0.2, 0) is 4.79 Å². The number of carbonyl (C=O) groups is 3. The van der Waals surface area contributed by atoms with Crippen LogP contribution in [0.2, 0.25) is 5.02 Å². The fourth-order valence-electron chi connectivity index (χ4n) is 4.50. The predicted molar refractivity (Wildman–Crippen MR) is 124 cm³/mol. The van der Waals surface area contributed by atoms with Gasteiger partial charge in [0.15, 0.2) is 0 Å². The molecular formula is C25H28ClN3O3. The molecule has 3 amide bonds. The van der Waals surface area contributed by atoms with Crippen molar-refractivity contribution in [1.29, 1.82) is 0 Å². The summed E-state index contributed by atoms with van der Waals surface area (Å²) in [4.78, 5) is 42.0. The third-order valence-corrected chi connectivity index (χ3v) is 6.58. The Balaban J connectivity index is 1.28. The lowest BCUT2D eigenvalue weighted by Crippen LogP contribution is -2.51. The van der Waals surface area contributed by atoms with Crippen LogP contribution < -0.4 is 5.32 Å². The van der Waals surface area contributed by atoms with Crippen LogP contribution >= 0.6 is 11.6 Å². The molecule has 1 N–H and O–H groups in total. The zero-order valence-electron chi connectivity index (χ0n) is 18.0. The maximum Gasteiger partial charge on any atom is 0.253 e. The Morgan fingerprint density at radius 3 is 2.19 bits per heavy atom. The van der Waals surface area contributed by atoms with Gasteiger partial charge in [0.25, 0.3) is 11.8 Å². The number of rotatable bonds is 4. The van der Waals surface area contributed by atoms with Crippen LogP contribution in [0.5, 0.6) is 0 Å². The monoisotopic (exact) mass is 453 g/mol. The lowest BCUT2D eigenvalue weighted by atomic mass is 9.94. The maximum atomic E-state index is 13.1.